The van der Waals surface area contributed by atoms with Crippen LogP contribution in [0.3, 0.4) is 0 Å². The van der Waals surface area contributed by atoms with Crippen LogP contribution in [0.1, 0.15) is 19.5 Å². The normalized spacial score (nSPS) is 19.2. The summed E-state index contributed by atoms with van der Waals surface area (Å²) < 4.78 is 39.2. The number of aromatic nitrogens is 1. The molecule has 0 spiro atoms. The van der Waals surface area contributed by atoms with Crippen molar-refractivity contribution >= 4 is 50.3 Å². The molecule has 2 heterocycles. The second-order valence-electron chi connectivity index (χ2n) is 5.82. The third-order valence-electron chi connectivity index (χ3n) is 3.84. The van der Waals surface area contributed by atoms with Crippen molar-refractivity contribution in [1.29, 1.82) is 0 Å². The summed E-state index contributed by atoms with van der Waals surface area (Å²) in [4.78, 5) is 45.1. The van der Waals surface area contributed by atoms with Crippen molar-refractivity contribution in [3.05, 3.63) is 22.7 Å². The Morgan fingerprint density at radius 1 is 1.48 bits per heavy atom. The van der Waals surface area contributed by atoms with E-state index in [1.54, 1.807) is 6.92 Å². The molecule has 1 aromatic rings. The zero-order valence-corrected chi connectivity index (χ0v) is 20.7. The summed E-state index contributed by atoms with van der Waals surface area (Å²) in [7, 11) is -4.02. The van der Waals surface area contributed by atoms with E-state index in [1.165, 1.54) is 19.4 Å². The molecule has 1 aliphatic rings. The third-order valence-corrected chi connectivity index (χ3v) is 5.40. The van der Waals surface area contributed by atoms with Gasteiger partial charge in [0.15, 0.2) is 21.1 Å². The second kappa shape index (κ2) is 11.0. The maximum absolute atomic E-state index is 12.6. The molecular weight excluding hydrogens is 465 g/mol. The van der Waals surface area contributed by atoms with E-state index in [2.05, 4.69) is 20.3 Å². The van der Waals surface area contributed by atoms with Gasteiger partial charge in [0.2, 0.25) is 0 Å². The summed E-state index contributed by atoms with van der Waals surface area (Å²) in [5, 5.41) is 7.41. The molecule has 0 bridgehead atoms. The number of amides is 2. The van der Waals surface area contributed by atoms with Crippen molar-refractivity contribution in [2.24, 2.45) is 5.16 Å². The van der Waals surface area contributed by atoms with E-state index in [-0.39, 0.29) is 62.6 Å². The Morgan fingerprint density at radius 3 is 2.61 bits per heavy atom. The molecule has 0 aliphatic carbocycles. The smallest absolute Gasteiger partial charge is 0.731 e. The van der Waals surface area contributed by atoms with Crippen molar-refractivity contribution in [2.45, 2.75) is 25.9 Å². The number of hydrogen-bond donors (Lipinski definition) is 2. The van der Waals surface area contributed by atoms with Crippen LogP contribution in [0.15, 0.2) is 22.2 Å². The van der Waals surface area contributed by atoms with Gasteiger partial charge in [-0.1, -0.05) is 5.16 Å². The molecule has 1 fully saturated rings. The van der Waals surface area contributed by atoms with Crippen LogP contribution in [-0.2, 0) is 34.3 Å². The van der Waals surface area contributed by atoms with Gasteiger partial charge in [-0.2, -0.15) is 0 Å². The quantitative estimate of drug-likeness (QED) is 0.0695. The molecule has 0 saturated carbocycles. The van der Waals surface area contributed by atoms with Gasteiger partial charge in [0.25, 0.3) is 11.8 Å². The zero-order valence-electron chi connectivity index (χ0n) is 17.0. The summed E-state index contributed by atoms with van der Waals surface area (Å²) in [6.45, 7) is 2.94. The number of rotatable bonds is 8. The minimum atomic E-state index is -5.20. The number of oxime groups is 1. The molecule has 13 nitrogen and oxygen atoms in total. The Morgan fingerprint density at radius 2 is 2.13 bits per heavy atom. The van der Waals surface area contributed by atoms with E-state index < -0.39 is 40.2 Å². The predicted molar refractivity (Wildman–Crippen MR) is 103 cm³/mol. The monoisotopic (exact) mass is 483 g/mol. The summed E-state index contributed by atoms with van der Waals surface area (Å²) in [5.41, 5.74) is 5.29. The van der Waals surface area contributed by atoms with Gasteiger partial charge in [0.05, 0.1) is 12.6 Å². The summed E-state index contributed by atoms with van der Waals surface area (Å²) >= 11 is 1.03. The summed E-state index contributed by atoms with van der Waals surface area (Å²) in [6, 6.07) is -2.87. The number of nitrogen functional groups attached to an aromatic ring is 1. The summed E-state index contributed by atoms with van der Waals surface area (Å²) in [6.07, 6.45) is 0.934. The minimum absolute atomic E-state index is 0. The number of carbonyl (C=O) groups is 3. The number of nitrogens with zero attached hydrogens (tertiary/aromatic N) is 3. The Kier molecular flexibility index (Phi) is 9.59. The van der Waals surface area contributed by atoms with Crippen LogP contribution in [0, 0.1) is 0 Å². The molecule has 0 aromatic carbocycles. The number of carbonyl (C=O) groups excluding carboxylic acids is 3. The van der Waals surface area contributed by atoms with Gasteiger partial charge in [-0.25, -0.2) is 22.5 Å². The van der Waals surface area contributed by atoms with Crippen molar-refractivity contribution in [3.8, 4) is 0 Å². The number of ether oxygens (including phenoxy) is 1. The first-order chi connectivity index (χ1) is 14.0. The molecule has 1 aromatic heterocycles. The second-order valence-corrected chi connectivity index (χ2v) is 7.96. The molecule has 2 rings (SSSR count). The first-order valence-electron chi connectivity index (χ1n) is 8.28. The fraction of sp³-hybridized carbons (Fsp3) is 0.400. The topological polar surface area (TPSA) is 193 Å². The van der Waals surface area contributed by atoms with Gasteiger partial charge in [0.1, 0.15) is 18.8 Å². The first-order valence-corrected chi connectivity index (χ1v) is 10.5. The molecule has 0 radical (unpaired) electrons. The van der Waals surface area contributed by atoms with E-state index >= 15 is 0 Å². The number of nitrogens with two attached hydrogens (primary N) is 1. The van der Waals surface area contributed by atoms with Gasteiger partial charge in [-0.3, -0.25) is 9.59 Å². The Balaban J connectivity index is 0.00000480. The summed E-state index contributed by atoms with van der Waals surface area (Å²) in [5.74, 6) is -2.91. The van der Waals surface area contributed by atoms with Crippen LogP contribution < -0.4 is 40.6 Å². The molecule has 2 amide bonds. The minimum Gasteiger partial charge on any atom is -0.731 e. The maximum Gasteiger partial charge on any atom is 1.00 e. The van der Waals surface area contributed by atoms with Crippen LogP contribution in [0.25, 0.3) is 0 Å². The SMILES string of the molecule is CCOC(=O)/C=C(/C)[C@@H]1[C@H](NC(=O)/C(=N\OC)c2csc(N)n2)C(=O)N1S(=O)(=O)[O-].[Na+]. The van der Waals surface area contributed by atoms with Gasteiger partial charge in [-0.05, 0) is 19.4 Å². The molecule has 31 heavy (non-hydrogen) atoms. The third kappa shape index (κ3) is 6.24. The molecular formula is C15H18N5NaO8S2. The maximum atomic E-state index is 12.6. The van der Waals surface area contributed by atoms with Gasteiger partial charge >= 0.3 is 35.5 Å². The van der Waals surface area contributed by atoms with E-state index in [1.807, 2.05) is 0 Å². The van der Waals surface area contributed by atoms with Crippen molar-refractivity contribution in [2.75, 3.05) is 19.5 Å². The molecule has 1 aliphatic heterocycles. The molecule has 1 saturated heterocycles. The predicted octanol–water partition coefficient (Wildman–Crippen LogP) is -4.25. The number of hydrogen-bond acceptors (Lipinski definition) is 12. The van der Waals surface area contributed by atoms with Gasteiger partial charge < -0.3 is 25.2 Å². The fourth-order valence-electron chi connectivity index (χ4n) is 2.66. The van der Waals surface area contributed by atoms with E-state index in [0.717, 1.165) is 17.4 Å². The zero-order chi connectivity index (χ0) is 22.6. The number of β-lactam (4-membered cyclic amide) rings is 1. The van der Waals surface area contributed by atoms with Crippen LogP contribution in [0.4, 0.5) is 5.13 Å². The number of esters is 1. The number of thiazole rings is 1. The Labute approximate surface area is 203 Å². The number of anilines is 1. The van der Waals surface area contributed by atoms with Crippen LogP contribution >= 0.6 is 11.3 Å². The van der Waals surface area contributed by atoms with E-state index in [0.29, 0.717) is 0 Å². The van der Waals surface area contributed by atoms with Crippen molar-refractivity contribution in [3.63, 3.8) is 0 Å². The van der Waals surface area contributed by atoms with Crippen molar-refractivity contribution in [1.82, 2.24) is 14.6 Å². The van der Waals surface area contributed by atoms with Crippen LogP contribution in [0.5, 0.6) is 0 Å². The average Bonchev–Trinajstić information content (AvgIpc) is 3.06. The molecule has 2 atom stereocenters. The van der Waals surface area contributed by atoms with Gasteiger partial charge in [-0.15, -0.1) is 11.3 Å². The van der Waals surface area contributed by atoms with E-state index in [9.17, 15) is 27.4 Å². The average molecular weight is 483 g/mol. The largest absolute Gasteiger partial charge is 1.00 e. The van der Waals surface area contributed by atoms with Crippen LogP contribution in [-0.4, -0.2) is 71.6 Å². The Hall–Kier alpha value is -2.04. The van der Waals surface area contributed by atoms with E-state index in [4.69, 9.17) is 10.5 Å². The molecule has 164 valence electrons. The standard InChI is InChI=1S/C15H19N5O8S2.Na/c1-4-28-9(21)5-7(2)12-11(14(23)20(12)30(24,25)26)18-13(22)10(19-27-3)8-6-29-15(16)17-8;/h5-6,11-12H,4H2,1-3H3,(H2,16,17)(H,18,22)(H,24,25,26);/q;+1/p-1/b7-5-,19-10-;/t11-,12+;/m0./s1. The molecule has 3 N–H and O–H groups in total. The molecule has 0 unspecified atom stereocenters. The number of nitrogens with one attached hydrogen (secondary N) is 1. The first kappa shape index (κ1) is 27.0. The van der Waals surface area contributed by atoms with Crippen molar-refractivity contribution < 1.29 is 66.5 Å². The van der Waals surface area contributed by atoms with Crippen LogP contribution in [0.2, 0.25) is 0 Å². The van der Waals surface area contributed by atoms with Gasteiger partial charge in [0, 0.05) is 11.5 Å². The Bertz CT molecular complexity index is 1020. The fourth-order valence-corrected chi connectivity index (χ4v) is 4.11. The molecule has 16 heteroatoms.